The second-order valence-corrected chi connectivity index (χ2v) is 6.10. The fraction of sp³-hybridized carbons (Fsp3) is 0.409. The standard InChI is InChI=1S/C22H31N3O4.HI/c1-5-23-22(25-18-9-12-20(27-4)21(15-18)28-6-2)24-16-17-7-10-19(11-8-17)29-14-13-26-3;/h7-12,15H,5-6,13-14,16H2,1-4H3,(H2,23,24,25);1H. The lowest BCUT2D eigenvalue weighted by atomic mass is 10.2. The molecule has 2 rings (SSSR count). The minimum absolute atomic E-state index is 0. The number of rotatable bonds is 11. The Labute approximate surface area is 196 Å². The van der Waals surface area contributed by atoms with Gasteiger partial charge in [-0.3, -0.25) is 0 Å². The first-order valence-electron chi connectivity index (χ1n) is 9.77. The molecule has 0 spiro atoms. The number of halogens is 1. The molecule has 0 amide bonds. The topological polar surface area (TPSA) is 73.3 Å². The molecule has 0 aromatic heterocycles. The van der Waals surface area contributed by atoms with Crippen LogP contribution in [0.1, 0.15) is 19.4 Å². The lowest BCUT2D eigenvalue weighted by molar-refractivity contribution is 0.146. The van der Waals surface area contributed by atoms with E-state index in [9.17, 15) is 0 Å². The van der Waals surface area contributed by atoms with E-state index in [-0.39, 0.29) is 24.0 Å². The molecule has 2 aromatic rings. The van der Waals surface area contributed by atoms with Crippen molar-refractivity contribution < 1.29 is 18.9 Å². The van der Waals surface area contributed by atoms with Crippen LogP contribution in [-0.4, -0.2) is 46.5 Å². The highest BCUT2D eigenvalue weighted by Crippen LogP contribution is 2.30. The van der Waals surface area contributed by atoms with Gasteiger partial charge in [-0.1, -0.05) is 12.1 Å². The van der Waals surface area contributed by atoms with Crippen molar-refractivity contribution in [1.29, 1.82) is 0 Å². The molecule has 8 heteroatoms. The summed E-state index contributed by atoms with van der Waals surface area (Å²) >= 11 is 0. The van der Waals surface area contributed by atoms with Crippen LogP contribution in [0.2, 0.25) is 0 Å². The third-order valence-electron chi connectivity index (χ3n) is 3.97. The van der Waals surface area contributed by atoms with Crippen LogP contribution >= 0.6 is 24.0 Å². The Hall–Kier alpha value is -2.20. The maximum absolute atomic E-state index is 5.64. The fourth-order valence-corrected chi connectivity index (χ4v) is 2.57. The van der Waals surface area contributed by atoms with Crippen LogP contribution in [0.5, 0.6) is 17.2 Å². The summed E-state index contributed by atoms with van der Waals surface area (Å²) in [6.07, 6.45) is 0. The number of ether oxygens (including phenoxy) is 4. The molecule has 0 bridgehead atoms. The molecule has 7 nitrogen and oxygen atoms in total. The number of anilines is 1. The van der Waals surface area contributed by atoms with E-state index in [0.29, 0.717) is 43.8 Å². The van der Waals surface area contributed by atoms with Crippen LogP contribution in [0, 0.1) is 0 Å². The molecule has 0 unspecified atom stereocenters. The summed E-state index contributed by atoms with van der Waals surface area (Å²) in [5, 5.41) is 6.57. The highest BCUT2D eigenvalue weighted by atomic mass is 127. The smallest absolute Gasteiger partial charge is 0.196 e. The molecule has 2 N–H and O–H groups in total. The number of hydrogen-bond acceptors (Lipinski definition) is 5. The summed E-state index contributed by atoms with van der Waals surface area (Å²) in [5.41, 5.74) is 1.96. The second kappa shape index (κ2) is 14.7. The first-order chi connectivity index (χ1) is 14.2. The first-order valence-corrected chi connectivity index (χ1v) is 9.77. The molecule has 0 aliphatic carbocycles. The average Bonchev–Trinajstić information content (AvgIpc) is 2.74. The summed E-state index contributed by atoms with van der Waals surface area (Å²) < 4.78 is 21.5. The average molecular weight is 529 g/mol. The SMILES string of the molecule is CCNC(=NCc1ccc(OCCOC)cc1)Nc1ccc(OC)c(OCC)c1.I. The highest BCUT2D eigenvalue weighted by molar-refractivity contribution is 14.0. The van der Waals surface area contributed by atoms with E-state index in [1.165, 1.54) is 0 Å². The molecule has 0 aliphatic rings. The Balaban J connectivity index is 0.00000450. The van der Waals surface area contributed by atoms with Crippen LogP contribution in [0.15, 0.2) is 47.5 Å². The van der Waals surface area contributed by atoms with Crippen LogP contribution in [0.4, 0.5) is 5.69 Å². The molecular weight excluding hydrogens is 497 g/mol. The molecule has 166 valence electrons. The van der Waals surface area contributed by atoms with Gasteiger partial charge in [0.1, 0.15) is 12.4 Å². The molecular formula is C22H32IN3O4. The van der Waals surface area contributed by atoms with Gasteiger partial charge in [-0.2, -0.15) is 0 Å². The van der Waals surface area contributed by atoms with Gasteiger partial charge in [0, 0.05) is 25.4 Å². The summed E-state index contributed by atoms with van der Waals surface area (Å²) in [6.45, 7) is 6.95. The van der Waals surface area contributed by atoms with Gasteiger partial charge in [-0.15, -0.1) is 24.0 Å². The third kappa shape index (κ3) is 8.66. The number of aliphatic imine (C=N–C) groups is 1. The Morgan fingerprint density at radius 3 is 2.33 bits per heavy atom. The van der Waals surface area contributed by atoms with Crippen LogP contribution in [0.3, 0.4) is 0 Å². The molecule has 2 aromatic carbocycles. The van der Waals surface area contributed by atoms with E-state index >= 15 is 0 Å². The van der Waals surface area contributed by atoms with E-state index in [4.69, 9.17) is 18.9 Å². The van der Waals surface area contributed by atoms with E-state index < -0.39 is 0 Å². The van der Waals surface area contributed by atoms with Crippen molar-refractivity contribution in [1.82, 2.24) is 5.32 Å². The zero-order chi connectivity index (χ0) is 20.9. The number of nitrogens with one attached hydrogen (secondary N) is 2. The highest BCUT2D eigenvalue weighted by Gasteiger charge is 2.07. The largest absolute Gasteiger partial charge is 0.493 e. The molecule has 30 heavy (non-hydrogen) atoms. The van der Waals surface area contributed by atoms with Crippen LogP contribution in [-0.2, 0) is 11.3 Å². The predicted octanol–water partition coefficient (Wildman–Crippen LogP) is 4.31. The van der Waals surface area contributed by atoms with Crippen LogP contribution in [0.25, 0.3) is 0 Å². The zero-order valence-electron chi connectivity index (χ0n) is 18.1. The van der Waals surface area contributed by atoms with Crippen molar-refractivity contribution in [2.75, 3.05) is 45.9 Å². The molecule has 0 atom stereocenters. The summed E-state index contributed by atoms with van der Waals surface area (Å²) in [5.74, 6) is 2.91. The van der Waals surface area contributed by atoms with E-state index in [1.54, 1.807) is 14.2 Å². The maximum atomic E-state index is 5.64. The lowest BCUT2D eigenvalue weighted by Gasteiger charge is -2.14. The molecule has 0 aliphatic heterocycles. The van der Waals surface area contributed by atoms with Gasteiger partial charge in [0.25, 0.3) is 0 Å². The van der Waals surface area contributed by atoms with Gasteiger partial charge in [0.05, 0.1) is 26.9 Å². The fourth-order valence-electron chi connectivity index (χ4n) is 2.57. The van der Waals surface area contributed by atoms with Gasteiger partial charge in [0.15, 0.2) is 17.5 Å². The van der Waals surface area contributed by atoms with E-state index in [1.807, 2.05) is 56.3 Å². The van der Waals surface area contributed by atoms with Crippen molar-refractivity contribution in [3.63, 3.8) is 0 Å². The Morgan fingerprint density at radius 1 is 0.933 bits per heavy atom. The van der Waals surface area contributed by atoms with Crippen molar-refractivity contribution in [2.24, 2.45) is 4.99 Å². The quantitative estimate of drug-likeness (QED) is 0.196. The third-order valence-corrected chi connectivity index (χ3v) is 3.97. The second-order valence-electron chi connectivity index (χ2n) is 6.10. The predicted molar refractivity (Wildman–Crippen MR) is 132 cm³/mol. The number of benzene rings is 2. The normalized spacial score (nSPS) is 10.7. The van der Waals surface area contributed by atoms with Gasteiger partial charge < -0.3 is 29.6 Å². The van der Waals surface area contributed by atoms with Crippen molar-refractivity contribution >= 4 is 35.6 Å². The molecule has 0 heterocycles. The number of nitrogens with zero attached hydrogens (tertiary/aromatic N) is 1. The number of hydrogen-bond donors (Lipinski definition) is 2. The zero-order valence-corrected chi connectivity index (χ0v) is 20.4. The lowest BCUT2D eigenvalue weighted by Crippen LogP contribution is -2.30. The van der Waals surface area contributed by atoms with E-state index in [2.05, 4.69) is 15.6 Å². The van der Waals surface area contributed by atoms with Gasteiger partial charge in [-0.25, -0.2) is 4.99 Å². The van der Waals surface area contributed by atoms with Crippen molar-refractivity contribution in [2.45, 2.75) is 20.4 Å². The molecule has 0 saturated carbocycles. The molecule has 0 saturated heterocycles. The van der Waals surface area contributed by atoms with Gasteiger partial charge in [-0.05, 0) is 43.7 Å². The summed E-state index contributed by atoms with van der Waals surface area (Å²) in [6, 6.07) is 13.6. The number of guanidine groups is 1. The van der Waals surface area contributed by atoms with Crippen molar-refractivity contribution in [3.05, 3.63) is 48.0 Å². The monoisotopic (exact) mass is 529 g/mol. The maximum Gasteiger partial charge on any atom is 0.196 e. The summed E-state index contributed by atoms with van der Waals surface area (Å²) in [7, 11) is 3.29. The first kappa shape index (κ1) is 25.8. The van der Waals surface area contributed by atoms with Crippen molar-refractivity contribution in [3.8, 4) is 17.2 Å². The van der Waals surface area contributed by atoms with E-state index in [0.717, 1.165) is 23.5 Å². The Bertz CT molecular complexity index is 769. The Morgan fingerprint density at radius 2 is 1.70 bits per heavy atom. The Kier molecular flexibility index (Phi) is 12.7. The minimum atomic E-state index is 0. The molecule has 0 fully saturated rings. The van der Waals surface area contributed by atoms with Gasteiger partial charge in [0.2, 0.25) is 0 Å². The van der Waals surface area contributed by atoms with Crippen LogP contribution < -0.4 is 24.8 Å². The minimum Gasteiger partial charge on any atom is -0.493 e. The van der Waals surface area contributed by atoms with Gasteiger partial charge >= 0.3 is 0 Å². The number of methoxy groups -OCH3 is 2. The molecule has 0 radical (unpaired) electrons. The summed E-state index contributed by atoms with van der Waals surface area (Å²) in [4.78, 5) is 4.66.